The molecule has 0 N–H and O–H groups in total. The molecule has 1 atom stereocenters. The summed E-state index contributed by atoms with van der Waals surface area (Å²) in [7, 11) is 4.77. The van der Waals surface area contributed by atoms with Crippen LogP contribution in [0.2, 0.25) is 0 Å². The lowest BCUT2D eigenvalue weighted by molar-refractivity contribution is -0.139. The molecule has 0 saturated heterocycles. The van der Waals surface area contributed by atoms with Crippen LogP contribution in [-0.4, -0.2) is 38.5 Å². The molecule has 4 rings (SSSR count). The number of rotatable bonds is 8. The summed E-state index contributed by atoms with van der Waals surface area (Å²) in [4.78, 5) is 32.4. The van der Waals surface area contributed by atoms with E-state index >= 15 is 0 Å². The maximum Gasteiger partial charge on any atom is 0.338 e. The standard InChI is InChI=1S/C30H34N2O6S/c1-9-38-29(34)26-18(5)31-30-32(27(26)21-11-10-20(35-6)15-24(21)37-8)28(33)25(39-30)14-19-13-22(16(2)3)23(36-7)12-17(19)4/h10-16,27H,9H2,1-8H3/b25-14+/t27-/m0/s1. The molecule has 0 amide bonds. The van der Waals surface area contributed by atoms with Gasteiger partial charge in [-0.3, -0.25) is 9.36 Å². The molecule has 0 aliphatic carbocycles. The maximum atomic E-state index is 14.0. The van der Waals surface area contributed by atoms with Crippen LogP contribution in [0, 0.1) is 6.92 Å². The van der Waals surface area contributed by atoms with Crippen LogP contribution < -0.4 is 29.1 Å². The van der Waals surface area contributed by atoms with E-state index in [-0.39, 0.29) is 18.1 Å². The molecule has 0 unspecified atom stereocenters. The number of methoxy groups -OCH3 is 3. The van der Waals surface area contributed by atoms with E-state index in [2.05, 4.69) is 24.9 Å². The molecule has 0 fully saturated rings. The highest BCUT2D eigenvalue weighted by Gasteiger charge is 2.35. The van der Waals surface area contributed by atoms with Crippen LogP contribution in [-0.2, 0) is 9.53 Å². The van der Waals surface area contributed by atoms with Crippen molar-refractivity contribution in [3.8, 4) is 17.2 Å². The topological polar surface area (TPSA) is 88.4 Å². The number of nitrogens with zero attached hydrogens (tertiary/aromatic N) is 2. The van der Waals surface area contributed by atoms with Crippen molar-refractivity contribution in [1.29, 1.82) is 0 Å². The van der Waals surface area contributed by atoms with Crippen molar-refractivity contribution in [2.75, 3.05) is 27.9 Å². The zero-order valence-electron chi connectivity index (χ0n) is 23.6. The smallest absolute Gasteiger partial charge is 0.338 e. The molecule has 0 spiro atoms. The molecule has 2 heterocycles. The third-order valence-electron chi connectivity index (χ3n) is 6.78. The Morgan fingerprint density at radius 1 is 1.08 bits per heavy atom. The molecule has 1 aromatic heterocycles. The van der Waals surface area contributed by atoms with Crippen molar-refractivity contribution >= 4 is 23.4 Å². The zero-order valence-corrected chi connectivity index (χ0v) is 24.4. The van der Waals surface area contributed by atoms with E-state index in [0.717, 1.165) is 22.4 Å². The summed E-state index contributed by atoms with van der Waals surface area (Å²) in [6.07, 6.45) is 1.89. The number of fused-ring (bicyclic) bond motifs is 1. The van der Waals surface area contributed by atoms with Crippen molar-refractivity contribution in [1.82, 2.24) is 4.57 Å². The van der Waals surface area contributed by atoms with E-state index < -0.39 is 12.0 Å². The second kappa shape index (κ2) is 11.5. The van der Waals surface area contributed by atoms with Gasteiger partial charge in [0.15, 0.2) is 4.80 Å². The summed E-state index contributed by atoms with van der Waals surface area (Å²) in [6, 6.07) is 8.59. The van der Waals surface area contributed by atoms with Crippen molar-refractivity contribution in [3.05, 3.63) is 83.5 Å². The van der Waals surface area contributed by atoms with Gasteiger partial charge in [0.2, 0.25) is 0 Å². The molecule has 1 aliphatic heterocycles. The summed E-state index contributed by atoms with van der Waals surface area (Å²) in [5, 5.41) is 0. The normalized spacial score (nSPS) is 15.2. The Kier molecular flexibility index (Phi) is 8.30. The molecule has 0 radical (unpaired) electrons. The Morgan fingerprint density at radius 2 is 1.79 bits per heavy atom. The van der Waals surface area contributed by atoms with E-state index in [0.29, 0.717) is 37.7 Å². The summed E-state index contributed by atoms with van der Waals surface area (Å²) in [5.74, 6) is 1.62. The maximum absolute atomic E-state index is 14.0. The highest BCUT2D eigenvalue weighted by Crippen LogP contribution is 2.37. The van der Waals surface area contributed by atoms with Gasteiger partial charge in [-0.2, -0.15) is 0 Å². The Balaban J connectivity index is 2.00. The fraction of sp³-hybridized carbons (Fsp3) is 0.367. The van der Waals surface area contributed by atoms with Crippen LogP contribution in [0.4, 0.5) is 0 Å². The quantitative estimate of drug-likeness (QED) is 0.390. The lowest BCUT2D eigenvalue weighted by Crippen LogP contribution is -2.40. The first-order chi connectivity index (χ1) is 18.6. The first-order valence-electron chi connectivity index (χ1n) is 12.7. The SMILES string of the molecule is CCOC(=O)C1=C(C)N=c2s/c(=C/c3cc(C(C)C)c(OC)cc3C)c(=O)n2[C@H]1c1ccc(OC)cc1OC. The van der Waals surface area contributed by atoms with Gasteiger partial charge in [0.1, 0.15) is 23.3 Å². The van der Waals surface area contributed by atoms with Gasteiger partial charge >= 0.3 is 5.97 Å². The Hall–Kier alpha value is -3.85. The van der Waals surface area contributed by atoms with Crippen molar-refractivity contribution in [2.24, 2.45) is 4.99 Å². The fourth-order valence-electron chi connectivity index (χ4n) is 4.77. The monoisotopic (exact) mass is 550 g/mol. The predicted octanol–water partition coefficient (Wildman–Crippen LogP) is 4.26. The number of aryl methyl sites for hydroxylation is 1. The van der Waals surface area contributed by atoms with Gasteiger partial charge in [-0.1, -0.05) is 25.2 Å². The number of carbonyl (C=O) groups excluding carboxylic acids is 1. The van der Waals surface area contributed by atoms with Gasteiger partial charge in [-0.25, -0.2) is 9.79 Å². The number of benzene rings is 2. The number of hydrogen-bond acceptors (Lipinski definition) is 8. The minimum Gasteiger partial charge on any atom is -0.497 e. The number of ether oxygens (including phenoxy) is 4. The highest BCUT2D eigenvalue weighted by atomic mass is 32.1. The zero-order chi connectivity index (χ0) is 28.4. The highest BCUT2D eigenvalue weighted by molar-refractivity contribution is 7.07. The summed E-state index contributed by atoms with van der Waals surface area (Å²) in [5.41, 5.74) is 4.13. The number of carbonyl (C=O) groups is 1. The van der Waals surface area contributed by atoms with Gasteiger partial charge < -0.3 is 18.9 Å². The molecule has 1 aliphatic rings. The van der Waals surface area contributed by atoms with E-state index in [4.69, 9.17) is 18.9 Å². The minimum atomic E-state index is -0.786. The predicted molar refractivity (Wildman–Crippen MR) is 152 cm³/mol. The second-order valence-corrected chi connectivity index (χ2v) is 10.5. The molecule has 39 heavy (non-hydrogen) atoms. The summed E-state index contributed by atoms with van der Waals surface area (Å²) in [6.45, 7) is 9.90. The van der Waals surface area contributed by atoms with Crippen molar-refractivity contribution in [2.45, 2.75) is 46.6 Å². The molecular weight excluding hydrogens is 516 g/mol. The second-order valence-electron chi connectivity index (χ2n) is 9.52. The molecule has 2 aromatic carbocycles. The van der Waals surface area contributed by atoms with E-state index in [1.807, 2.05) is 19.1 Å². The summed E-state index contributed by atoms with van der Waals surface area (Å²) < 4.78 is 24.1. The number of aromatic nitrogens is 1. The van der Waals surface area contributed by atoms with E-state index in [1.54, 1.807) is 57.9 Å². The molecule has 206 valence electrons. The molecule has 0 bridgehead atoms. The van der Waals surface area contributed by atoms with Gasteiger partial charge in [0, 0.05) is 11.6 Å². The Bertz CT molecular complexity index is 1630. The third kappa shape index (κ3) is 5.23. The van der Waals surface area contributed by atoms with Crippen LogP contribution in [0.15, 0.2) is 51.4 Å². The number of hydrogen-bond donors (Lipinski definition) is 0. The molecule has 8 nitrogen and oxygen atoms in total. The molecular formula is C30H34N2O6S. The van der Waals surface area contributed by atoms with Crippen molar-refractivity contribution < 1.29 is 23.7 Å². The average Bonchev–Trinajstić information content (AvgIpc) is 3.22. The third-order valence-corrected chi connectivity index (χ3v) is 7.76. The molecule has 9 heteroatoms. The minimum absolute atomic E-state index is 0.196. The van der Waals surface area contributed by atoms with Crippen LogP contribution in [0.1, 0.15) is 61.9 Å². The molecule has 3 aromatic rings. The number of allylic oxidation sites excluding steroid dienone is 1. The van der Waals surface area contributed by atoms with Crippen LogP contribution >= 0.6 is 11.3 Å². The fourth-order valence-corrected chi connectivity index (χ4v) is 5.81. The lowest BCUT2D eigenvalue weighted by atomic mass is 9.95. The number of thiazole rings is 1. The number of esters is 1. The van der Waals surface area contributed by atoms with Crippen LogP contribution in [0.3, 0.4) is 0 Å². The van der Waals surface area contributed by atoms with Crippen molar-refractivity contribution in [3.63, 3.8) is 0 Å². The average molecular weight is 551 g/mol. The largest absolute Gasteiger partial charge is 0.497 e. The van der Waals surface area contributed by atoms with Crippen LogP contribution in [0.5, 0.6) is 17.2 Å². The Morgan fingerprint density at radius 3 is 2.41 bits per heavy atom. The van der Waals surface area contributed by atoms with E-state index in [1.165, 1.54) is 11.3 Å². The van der Waals surface area contributed by atoms with Gasteiger partial charge in [-0.05, 0) is 73.7 Å². The van der Waals surface area contributed by atoms with Gasteiger partial charge in [-0.15, -0.1) is 0 Å². The molecule has 0 saturated carbocycles. The van der Waals surface area contributed by atoms with E-state index in [9.17, 15) is 9.59 Å². The lowest BCUT2D eigenvalue weighted by Gasteiger charge is -2.26. The van der Waals surface area contributed by atoms with Gasteiger partial charge in [0.25, 0.3) is 5.56 Å². The first-order valence-corrected chi connectivity index (χ1v) is 13.6. The van der Waals surface area contributed by atoms with Gasteiger partial charge in [0.05, 0.1) is 43.7 Å². The Labute approximate surface area is 231 Å². The van der Waals surface area contributed by atoms with Crippen LogP contribution in [0.25, 0.3) is 6.08 Å². The summed E-state index contributed by atoms with van der Waals surface area (Å²) >= 11 is 1.29. The first kappa shape index (κ1) is 28.2.